The number of nitrogens with zero attached hydrogens (tertiary/aromatic N) is 1. The second-order valence-corrected chi connectivity index (χ2v) is 3.76. The molecule has 1 aliphatic rings. The summed E-state index contributed by atoms with van der Waals surface area (Å²) in [6.07, 6.45) is 4.72. The Hall–Kier alpha value is -0.300. The van der Waals surface area contributed by atoms with Crippen molar-refractivity contribution in [3.63, 3.8) is 0 Å². The van der Waals surface area contributed by atoms with Crippen LogP contribution in [0.3, 0.4) is 0 Å². The van der Waals surface area contributed by atoms with E-state index in [1.807, 2.05) is 6.08 Å². The summed E-state index contributed by atoms with van der Waals surface area (Å²) in [5.74, 6) is 0.922. The van der Waals surface area contributed by atoms with Crippen LogP contribution in [0.15, 0.2) is 12.7 Å². The second kappa shape index (κ2) is 3.91. The normalized spacial score (nSPS) is 33.6. The third kappa shape index (κ3) is 2.33. The van der Waals surface area contributed by atoms with Gasteiger partial charge in [0.25, 0.3) is 0 Å². The molecule has 1 heterocycles. The van der Waals surface area contributed by atoms with Gasteiger partial charge in [-0.2, -0.15) is 0 Å². The van der Waals surface area contributed by atoms with Gasteiger partial charge in [0.2, 0.25) is 0 Å². The topological polar surface area (TPSA) is 3.24 Å². The van der Waals surface area contributed by atoms with Crippen LogP contribution in [0.1, 0.15) is 26.7 Å². The Labute approximate surface area is 70.1 Å². The lowest BCUT2D eigenvalue weighted by molar-refractivity contribution is 0.144. The van der Waals surface area contributed by atoms with E-state index in [1.54, 1.807) is 0 Å². The largest absolute Gasteiger partial charge is 0.297 e. The standard InChI is InChI=1S/C10H19N/c1-4-6-11-7-5-9(2)8-10(11)3/h4,9-10H,1,5-8H2,2-3H3. The van der Waals surface area contributed by atoms with E-state index in [1.165, 1.54) is 19.4 Å². The number of rotatable bonds is 2. The molecule has 1 saturated heterocycles. The number of hydrogen-bond donors (Lipinski definition) is 0. The van der Waals surface area contributed by atoms with Crippen LogP contribution < -0.4 is 0 Å². The molecule has 0 amide bonds. The summed E-state index contributed by atoms with van der Waals surface area (Å²) in [5, 5.41) is 0. The van der Waals surface area contributed by atoms with Crippen molar-refractivity contribution in [2.75, 3.05) is 13.1 Å². The van der Waals surface area contributed by atoms with Crippen molar-refractivity contribution in [2.24, 2.45) is 5.92 Å². The van der Waals surface area contributed by atoms with Gasteiger partial charge in [-0.1, -0.05) is 13.0 Å². The van der Waals surface area contributed by atoms with Crippen molar-refractivity contribution in [3.05, 3.63) is 12.7 Å². The summed E-state index contributed by atoms with van der Waals surface area (Å²) in [6.45, 7) is 10.8. The molecule has 0 bridgehead atoms. The molecule has 0 saturated carbocycles. The van der Waals surface area contributed by atoms with Crippen LogP contribution in [0.4, 0.5) is 0 Å². The van der Waals surface area contributed by atoms with Gasteiger partial charge < -0.3 is 0 Å². The quantitative estimate of drug-likeness (QED) is 0.550. The lowest BCUT2D eigenvalue weighted by Gasteiger charge is -2.35. The molecular formula is C10H19N. The van der Waals surface area contributed by atoms with Crippen molar-refractivity contribution in [3.8, 4) is 0 Å². The molecule has 11 heavy (non-hydrogen) atoms. The van der Waals surface area contributed by atoms with E-state index in [-0.39, 0.29) is 0 Å². The summed E-state index contributed by atoms with van der Waals surface area (Å²) >= 11 is 0. The minimum absolute atomic E-state index is 0.761. The fourth-order valence-electron chi connectivity index (χ4n) is 1.89. The van der Waals surface area contributed by atoms with Gasteiger partial charge in [0, 0.05) is 12.6 Å². The molecule has 0 N–H and O–H groups in total. The van der Waals surface area contributed by atoms with Crippen LogP contribution in [-0.4, -0.2) is 24.0 Å². The van der Waals surface area contributed by atoms with Gasteiger partial charge in [-0.3, -0.25) is 4.90 Å². The Balaban J connectivity index is 2.37. The van der Waals surface area contributed by atoms with Crippen molar-refractivity contribution >= 4 is 0 Å². The molecule has 2 atom stereocenters. The van der Waals surface area contributed by atoms with Crippen molar-refractivity contribution in [1.82, 2.24) is 4.90 Å². The number of likely N-dealkylation sites (tertiary alicyclic amines) is 1. The highest BCUT2D eigenvalue weighted by Gasteiger charge is 2.20. The van der Waals surface area contributed by atoms with Gasteiger partial charge in [-0.05, 0) is 32.2 Å². The molecule has 0 radical (unpaired) electrons. The Kier molecular flexibility index (Phi) is 3.13. The first-order chi connectivity index (χ1) is 5.24. The third-order valence-electron chi connectivity index (χ3n) is 2.64. The Morgan fingerprint density at radius 1 is 1.55 bits per heavy atom. The summed E-state index contributed by atoms with van der Waals surface area (Å²) in [7, 11) is 0. The Morgan fingerprint density at radius 2 is 2.27 bits per heavy atom. The number of piperidine rings is 1. The summed E-state index contributed by atoms with van der Waals surface area (Å²) in [5.41, 5.74) is 0. The Morgan fingerprint density at radius 3 is 2.82 bits per heavy atom. The molecule has 0 aliphatic carbocycles. The predicted molar refractivity (Wildman–Crippen MR) is 49.6 cm³/mol. The van der Waals surface area contributed by atoms with Gasteiger partial charge in [0.15, 0.2) is 0 Å². The summed E-state index contributed by atoms with van der Waals surface area (Å²) in [4.78, 5) is 2.51. The Bertz CT molecular complexity index is 131. The van der Waals surface area contributed by atoms with E-state index < -0.39 is 0 Å². The zero-order valence-electron chi connectivity index (χ0n) is 7.71. The minimum atomic E-state index is 0.761. The molecule has 64 valence electrons. The van der Waals surface area contributed by atoms with Gasteiger partial charge in [0.05, 0.1) is 0 Å². The molecular weight excluding hydrogens is 134 g/mol. The molecule has 0 aromatic rings. The van der Waals surface area contributed by atoms with Crippen molar-refractivity contribution < 1.29 is 0 Å². The summed E-state index contributed by atoms with van der Waals surface area (Å²) < 4.78 is 0. The first kappa shape index (κ1) is 8.79. The SMILES string of the molecule is C=CCN1CCC(C)CC1C. The average Bonchev–Trinajstić information content (AvgIpc) is 1.95. The lowest BCUT2D eigenvalue weighted by atomic mass is 9.93. The highest BCUT2D eigenvalue weighted by atomic mass is 15.1. The van der Waals surface area contributed by atoms with E-state index in [4.69, 9.17) is 0 Å². The minimum Gasteiger partial charge on any atom is -0.297 e. The monoisotopic (exact) mass is 153 g/mol. The van der Waals surface area contributed by atoms with E-state index >= 15 is 0 Å². The zero-order valence-corrected chi connectivity index (χ0v) is 7.71. The molecule has 1 aliphatic heterocycles. The van der Waals surface area contributed by atoms with Crippen molar-refractivity contribution in [2.45, 2.75) is 32.7 Å². The molecule has 2 unspecified atom stereocenters. The number of hydrogen-bond acceptors (Lipinski definition) is 1. The molecule has 1 fully saturated rings. The maximum atomic E-state index is 3.77. The maximum absolute atomic E-state index is 3.77. The molecule has 0 aromatic heterocycles. The molecule has 0 spiro atoms. The highest BCUT2D eigenvalue weighted by Crippen LogP contribution is 2.21. The average molecular weight is 153 g/mol. The van der Waals surface area contributed by atoms with E-state index in [0.717, 1.165) is 18.5 Å². The van der Waals surface area contributed by atoms with E-state index in [9.17, 15) is 0 Å². The fourth-order valence-corrected chi connectivity index (χ4v) is 1.89. The third-order valence-corrected chi connectivity index (χ3v) is 2.64. The molecule has 1 heteroatoms. The van der Waals surface area contributed by atoms with E-state index in [2.05, 4.69) is 25.3 Å². The van der Waals surface area contributed by atoms with Crippen LogP contribution in [0.2, 0.25) is 0 Å². The second-order valence-electron chi connectivity index (χ2n) is 3.76. The van der Waals surface area contributed by atoms with Crippen LogP contribution >= 0.6 is 0 Å². The molecule has 0 aromatic carbocycles. The van der Waals surface area contributed by atoms with Crippen molar-refractivity contribution in [1.29, 1.82) is 0 Å². The van der Waals surface area contributed by atoms with Gasteiger partial charge in [-0.15, -0.1) is 6.58 Å². The van der Waals surface area contributed by atoms with Gasteiger partial charge >= 0.3 is 0 Å². The zero-order chi connectivity index (χ0) is 8.27. The fraction of sp³-hybridized carbons (Fsp3) is 0.800. The van der Waals surface area contributed by atoms with Crippen LogP contribution in [-0.2, 0) is 0 Å². The van der Waals surface area contributed by atoms with Crippen LogP contribution in [0.5, 0.6) is 0 Å². The first-order valence-corrected chi connectivity index (χ1v) is 4.59. The van der Waals surface area contributed by atoms with Crippen LogP contribution in [0, 0.1) is 5.92 Å². The smallest absolute Gasteiger partial charge is 0.0163 e. The van der Waals surface area contributed by atoms with Crippen LogP contribution in [0.25, 0.3) is 0 Å². The first-order valence-electron chi connectivity index (χ1n) is 4.59. The lowest BCUT2D eigenvalue weighted by Crippen LogP contribution is -2.40. The molecule has 1 nitrogen and oxygen atoms in total. The molecule has 1 rings (SSSR count). The van der Waals surface area contributed by atoms with Gasteiger partial charge in [0.1, 0.15) is 0 Å². The van der Waals surface area contributed by atoms with E-state index in [0.29, 0.717) is 0 Å². The summed E-state index contributed by atoms with van der Waals surface area (Å²) in [6, 6.07) is 0.761. The highest BCUT2D eigenvalue weighted by molar-refractivity contribution is 4.82. The predicted octanol–water partition coefficient (Wildman–Crippen LogP) is 2.29. The maximum Gasteiger partial charge on any atom is 0.0163 e. The van der Waals surface area contributed by atoms with Gasteiger partial charge in [-0.25, -0.2) is 0 Å².